The van der Waals surface area contributed by atoms with E-state index in [9.17, 15) is 4.79 Å². The molecule has 2 aromatic rings. The van der Waals surface area contributed by atoms with Crippen molar-refractivity contribution in [3.63, 3.8) is 0 Å². The van der Waals surface area contributed by atoms with E-state index in [-0.39, 0.29) is 11.4 Å². The molecule has 0 saturated heterocycles. The van der Waals surface area contributed by atoms with Crippen LogP contribution in [-0.4, -0.2) is 26.2 Å². The van der Waals surface area contributed by atoms with Gasteiger partial charge < -0.3 is 5.32 Å². The van der Waals surface area contributed by atoms with Crippen LogP contribution in [0.1, 0.15) is 49.4 Å². The standard InChI is InChI=1S/C18H22N4O/c1-2-18(14-5-6-14,15-7-8-15)21-17(23)13-3-9-16(10-4-13)22-12-19-11-20-22/h3-4,9-12,14-15H,2,5-8H2,1H3,(H,21,23). The first-order valence-corrected chi connectivity index (χ1v) is 8.50. The molecule has 2 fully saturated rings. The summed E-state index contributed by atoms with van der Waals surface area (Å²) in [4.78, 5) is 16.7. The minimum atomic E-state index is 0.0294. The molecule has 5 heteroatoms. The van der Waals surface area contributed by atoms with Crippen LogP contribution in [0.2, 0.25) is 0 Å². The highest BCUT2D eigenvalue weighted by Crippen LogP contribution is 2.53. The van der Waals surface area contributed by atoms with Crippen molar-refractivity contribution in [2.45, 2.75) is 44.6 Å². The van der Waals surface area contributed by atoms with Crippen LogP contribution in [0.4, 0.5) is 0 Å². The second-order valence-corrected chi connectivity index (χ2v) is 6.78. The fourth-order valence-corrected chi connectivity index (χ4v) is 3.79. The average molecular weight is 310 g/mol. The van der Waals surface area contributed by atoms with Gasteiger partial charge in [0.25, 0.3) is 5.91 Å². The van der Waals surface area contributed by atoms with Crippen molar-refractivity contribution in [3.05, 3.63) is 42.5 Å². The summed E-state index contributed by atoms with van der Waals surface area (Å²) in [6.45, 7) is 2.21. The first-order valence-electron chi connectivity index (χ1n) is 8.50. The Kier molecular flexibility index (Phi) is 3.43. The van der Waals surface area contributed by atoms with Gasteiger partial charge in [-0.15, -0.1) is 0 Å². The number of carbonyl (C=O) groups is 1. The smallest absolute Gasteiger partial charge is 0.251 e. The lowest BCUT2D eigenvalue weighted by Gasteiger charge is -2.35. The Labute approximate surface area is 136 Å². The molecule has 0 aliphatic heterocycles. The van der Waals surface area contributed by atoms with Gasteiger partial charge in [-0.2, -0.15) is 5.10 Å². The largest absolute Gasteiger partial charge is 0.346 e. The molecule has 0 unspecified atom stereocenters. The van der Waals surface area contributed by atoms with Crippen molar-refractivity contribution in [3.8, 4) is 5.69 Å². The molecule has 1 aromatic carbocycles. The van der Waals surface area contributed by atoms with Crippen LogP contribution >= 0.6 is 0 Å². The summed E-state index contributed by atoms with van der Waals surface area (Å²) in [5, 5.41) is 7.50. The summed E-state index contributed by atoms with van der Waals surface area (Å²) in [7, 11) is 0. The molecule has 5 nitrogen and oxygen atoms in total. The Hall–Kier alpha value is -2.17. The number of carbonyl (C=O) groups excluding carboxylic acids is 1. The Balaban J connectivity index is 1.52. The minimum absolute atomic E-state index is 0.0294. The zero-order valence-corrected chi connectivity index (χ0v) is 13.4. The Morgan fingerprint density at radius 2 is 1.87 bits per heavy atom. The van der Waals surface area contributed by atoms with E-state index in [2.05, 4.69) is 22.3 Å². The van der Waals surface area contributed by atoms with Crippen LogP contribution in [-0.2, 0) is 0 Å². The normalized spacial score (nSPS) is 18.0. The third-order valence-corrected chi connectivity index (χ3v) is 5.36. The Morgan fingerprint density at radius 3 is 2.35 bits per heavy atom. The molecule has 2 aliphatic rings. The van der Waals surface area contributed by atoms with E-state index >= 15 is 0 Å². The number of rotatable bonds is 6. The summed E-state index contributed by atoms with van der Waals surface area (Å²) in [6, 6.07) is 7.55. The average Bonchev–Trinajstić information content (AvgIpc) is 3.52. The van der Waals surface area contributed by atoms with Gasteiger partial charge >= 0.3 is 0 Å². The second-order valence-electron chi connectivity index (χ2n) is 6.78. The van der Waals surface area contributed by atoms with Gasteiger partial charge in [0, 0.05) is 11.1 Å². The lowest BCUT2D eigenvalue weighted by Crippen LogP contribution is -2.51. The van der Waals surface area contributed by atoms with Crippen LogP contribution < -0.4 is 5.32 Å². The van der Waals surface area contributed by atoms with Gasteiger partial charge in [0.15, 0.2) is 0 Å². The van der Waals surface area contributed by atoms with Crippen molar-refractivity contribution in [2.24, 2.45) is 11.8 Å². The number of aromatic nitrogens is 3. The molecule has 0 radical (unpaired) electrons. The number of hydrogen-bond donors (Lipinski definition) is 1. The van der Waals surface area contributed by atoms with E-state index in [1.54, 1.807) is 11.0 Å². The molecule has 2 aliphatic carbocycles. The predicted octanol–water partition coefficient (Wildman–Crippen LogP) is 2.97. The van der Waals surface area contributed by atoms with Crippen molar-refractivity contribution in [1.29, 1.82) is 0 Å². The highest BCUT2D eigenvalue weighted by molar-refractivity contribution is 5.95. The summed E-state index contributed by atoms with van der Waals surface area (Å²) >= 11 is 0. The quantitative estimate of drug-likeness (QED) is 0.892. The zero-order valence-electron chi connectivity index (χ0n) is 13.4. The van der Waals surface area contributed by atoms with E-state index in [4.69, 9.17) is 0 Å². The monoisotopic (exact) mass is 310 g/mol. The molecule has 1 aromatic heterocycles. The lowest BCUT2D eigenvalue weighted by molar-refractivity contribution is 0.0859. The maximum Gasteiger partial charge on any atom is 0.251 e. The number of benzene rings is 1. The second kappa shape index (κ2) is 5.48. The van der Waals surface area contributed by atoms with Crippen molar-refractivity contribution in [1.82, 2.24) is 20.1 Å². The van der Waals surface area contributed by atoms with E-state index in [1.807, 2.05) is 24.3 Å². The number of nitrogens with one attached hydrogen (secondary N) is 1. The van der Waals surface area contributed by atoms with Gasteiger partial charge in [-0.3, -0.25) is 4.79 Å². The highest BCUT2D eigenvalue weighted by Gasteiger charge is 2.53. The molecule has 0 bridgehead atoms. The van der Waals surface area contributed by atoms with Crippen molar-refractivity contribution in [2.75, 3.05) is 0 Å². The summed E-state index contributed by atoms with van der Waals surface area (Å²) in [6.07, 6.45) is 9.22. The maximum atomic E-state index is 12.7. The van der Waals surface area contributed by atoms with Crippen LogP contribution in [0.15, 0.2) is 36.9 Å². The van der Waals surface area contributed by atoms with Gasteiger partial charge in [0.05, 0.1) is 5.69 Å². The number of amides is 1. The van der Waals surface area contributed by atoms with E-state index in [0.29, 0.717) is 17.4 Å². The maximum absolute atomic E-state index is 12.7. The first kappa shape index (κ1) is 14.4. The van der Waals surface area contributed by atoms with Crippen LogP contribution in [0.5, 0.6) is 0 Å². The molecule has 0 atom stereocenters. The Morgan fingerprint density at radius 1 is 1.22 bits per heavy atom. The summed E-state index contributed by atoms with van der Waals surface area (Å²) in [5.41, 5.74) is 1.65. The van der Waals surface area contributed by atoms with Crippen LogP contribution in [0.3, 0.4) is 0 Å². The SMILES string of the molecule is CCC(NC(=O)c1ccc(-n2cncn2)cc1)(C1CC1)C1CC1. The van der Waals surface area contributed by atoms with Crippen LogP contribution in [0, 0.1) is 11.8 Å². The van der Waals surface area contributed by atoms with Gasteiger partial charge in [0.2, 0.25) is 0 Å². The molecule has 2 saturated carbocycles. The van der Waals surface area contributed by atoms with Crippen LogP contribution in [0.25, 0.3) is 5.69 Å². The molecule has 0 spiro atoms. The van der Waals surface area contributed by atoms with E-state index in [0.717, 1.165) is 12.1 Å². The summed E-state index contributed by atoms with van der Waals surface area (Å²) < 4.78 is 1.69. The number of hydrogen-bond acceptors (Lipinski definition) is 3. The first-order chi connectivity index (χ1) is 11.2. The van der Waals surface area contributed by atoms with E-state index in [1.165, 1.54) is 32.0 Å². The van der Waals surface area contributed by atoms with E-state index < -0.39 is 0 Å². The molecular formula is C18H22N4O. The van der Waals surface area contributed by atoms with Gasteiger partial charge in [0.1, 0.15) is 12.7 Å². The molecule has 1 N–H and O–H groups in total. The molecule has 1 amide bonds. The van der Waals surface area contributed by atoms with Crippen molar-refractivity contribution >= 4 is 5.91 Å². The van der Waals surface area contributed by atoms with Gasteiger partial charge in [-0.1, -0.05) is 6.92 Å². The molecule has 1 heterocycles. The Bertz CT molecular complexity index is 672. The molecular weight excluding hydrogens is 288 g/mol. The predicted molar refractivity (Wildman–Crippen MR) is 87.3 cm³/mol. The zero-order chi connectivity index (χ0) is 15.9. The molecule has 4 rings (SSSR count). The lowest BCUT2D eigenvalue weighted by atomic mass is 9.84. The third kappa shape index (κ3) is 2.64. The van der Waals surface area contributed by atoms with Crippen molar-refractivity contribution < 1.29 is 4.79 Å². The minimum Gasteiger partial charge on any atom is -0.346 e. The fourth-order valence-electron chi connectivity index (χ4n) is 3.79. The third-order valence-electron chi connectivity index (χ3n) is 5.36. The molecule has 120 valence electrons. The fraction of sp³-hybridized carbons (Fsp3) is 0.500. The molecule has 23 heavy (non-hydrogen) atoms. The highest BCUT2D eigenvalue weighted by atomic mass is 16.1. The topological polar surface area (TPSA) is 59.8 Å². The summed E-state index contributed by atoms with van der Waals surface area (Å²) in [5.74, 6) is 1.41. The van der Waals surface area contributed by atoms with Gasteiger partial charge in [-0.05, 0) is 68.2 Å². The number of nitrogens with zero attached hydrogens (tertiary/aromatic N) is 3. The van der Waals surface area contributed by atoms with Gasteiger partial charge in [-0.25, -0.2) is 9.67 Å².